The minimum Gasteiger partial charge on any atom is -0.469 e. The van der Waals surface area contributed by atoms with E-state index >= 15 is 0 Å². The van der Waals surface area contributed by atoms with E-state index < -0.39 is 16.6 Å². The minimum atomic E-state index is -1.71. The maximum Gasteiger partial charge on any atom is 0.305 e. The fourth-order valence-corrected chi connectivity index (χ4v) is 12.4. The van der Waals surface area contributed by atoms with Crippen LogP contribution in [0.15, 0.2) is 0 Å². The topological polar surface area (TPSA) is 44.8 Å². The molecule has 0 unspecified atom stereocenters. The van der Waals surface area contributed by atoms with Crippen molar-refractivity contribution in [2.24, 2.45) is 46.3 Å². The first-order chi connectivity index (χ1) is 17.1. The van der Waals surface area contributed by atoms with E-state index in [-0.39, 0.29) is 11.4 Å². The van der Waals surface area contributed by atoms with Crippen molar-refractivity contribution in [3.63, 3.8) is 0 Å². The number of ether oxygens (including phenoxy) is 1. The Kier molecular flexibility index (Phi) is 8.59. The van der Waals surface area contributed by atoms with Gasteiger partial charge in [0.15, 0.2) is 16.6 Å². The molecule has 0 saturated heterocycles. The van der Waals surface area contributed by atoms with Gasteiger partial charge in [0.2, 0.25) is 0 Å². The van der Waals surface area contributed by atoms with Gasteiger partial charge in [-0.15, -0.1) is 0 Å². The summed E-state index contributed by atoms with van der Waals surface area (Å²) in [5.41, 5.74) is 0.650. The molecule has 4 rings (SSSR count). The summed E-state index contributed by atoms with van der Waals surface area (Å²) in [6.45, 7) is 21.9. The molecule has 0 aromatic heterocycles. The second kappa shape index (κ2) is 10.7. The molecule has 0 radical (unpaired) electrons. The molecule has 4 fully saturated rings. The third kappa shape index (κ3) is 5.97. The SMILES string of the molecule is COC(=O)CC[C@@H](C)[C@H]1CC[C@H]2[C@@H]3CC[C@H]4C[C@H](O[Si](C)(C)C)CC[C@]4(C)[C@H]3C[C@H](O[Si](C)(C)C)[C@]12C. The van der Waals surface area contributed by atoms with Crippen LogP contribution in [-0.4, -0.2) is 41.9 Å². The predicted molar refractivity (Wildman–Crippen MR) is 157 cm³/mol. The number of fused-ring (bicyclic) bond motifs is 5. The molecule has 0 N–H and O–H groups in total. The fourth-order valence-electron chi connectivity index (χ4n) is 9.97. The van der Waals surface area contributed by atoms with Gasteiger partial charge in [-0.3, -0.25) is 4.79 Å². The highest BCUT2D eigenvalue weighted by molar-refractivity contribution is 6.70. The second-order valence-corrected chi connectivity index (χ2v) is 24.8. The lowest BCUT2D eigenvalue weighted by Crippen LogP contribution is -2.60. The molecule has 0 aromatic rings. The Morgan fingerprint density at radius 1 is 0.892 bits per heavy atom. The quantitative estimate of drug-likeness (QED) is 0.225. The molecule has 0 aromatic carbocycles. The maximum atomic E-state index is 12.0. The van der Waals surface area contributed by atoms with Gasteiger partial charge < -0.3 is 13.6 Å². The standard InChI is InChI=1S/C31H58O4Si2/c1-21(11-16-29(32)33-4)25-14-15-26-24-13-12-22-19-23(34-36(5,6)7)17-18-30(22,2)27(24)20-28(31(25,26)3)35-37(8,9)10/h21-28H,11-20H2,1-10H3/t21-,22+,23-,24+,25-,26+,27+,28+,30+,31-/m1/s1. The van der Waals surface area contributed by atoms with Gasteiger partial charge in [0.25, 0.3) is 0 Å². The van der Waals surface area contributed by atoms with E-state index in [0.29, 0.717) is 35.9 Å². The number of carbonyl (C=O) groups is 1. The number of carbonyl (C=O) groups excluding carboxylic acids is 1. The maximum absolute atomic E-state index is 12.0. The van der Waals surface area contributed by atoms with Gasteiger partial charge >= 0.3 is 5.97 Å². The van der Waals surface area contributed by atoms with E-state index in [1.807, 2.05) is 0 Å². The average Bonchev–Trinajstić information content (AvgIpc) is 3.14. The molecule has 4 saturated carbocycles. The Morgan fingerprint density at radius 2 is 1.57 bits per heavy atom. The lowest BCUT2D eigenvalue weighted by molar-refractivity contribution is -0.169. The molecule has 37 heavy (non-hydrogen) atoms. The molecule has 0 bridgehead atoms. The molecule has 4 nitrogen and oxygen atoms in total. The first kappa shape index (κ1) is 29.8. The van der Waals surface area contributed by atoms with Crippen LogP contribution in [-0.2, 0) is 18.4 Å². The van der Waals surface area contributed by atoms with Crippen molar-refractivity contribution >= 4 is 22.6 Å². The van der Waals surface area contributed by atoms with E-state index in [0.717, 1.165) is 30.1 Å². The first-order valence-electron chi connectivity index (χ1n) is 15.5. The molecular formula is C31H58O4Si2. The zero-order valence-corrected chi connectivity index (χ0v) is 27.8. The summed E-state index contributed by atoms with van der Waals surface area (Å²) in [6, 6.07) is 0. The molecule has 4 aliphatic rings. The normalized spacial score (nSPS) is 42.9. The zero-order valence-electron chi connectivity index (χ0n) is 25.8. The van der Waals surface area contributed by atoms with Crippen molar-refractivity contribution in [1.82, 2.24) is 0 Å². The number of methoxy groups -OCH3 is 1. The summed E-state index contributed by atoms with van der Waals surface area (Å²) in [4.78, 5) is 12.0. The number of esters is 1. The summed E-state index contributed by atoms with van der Waals surface area (Å²) in [5, 5.41) is 0. The number of rotatable bonds is 8. The smallest absolute Gasteiger partial charge is 0.305 e. The van der Waals surface area contributed by atoms with Crippen molar-refractivity contribution in [3.05, 3.63) is 0 Å². The first-order valence-corrected chi connectivity index (χ1v) is 22.3. The lowest BCUT2D eigenvalue weighted by Gasteiger charge is -2.64. The van der Waals surface area contributed by atoms with Gasteiger partial charge in [0.1, 0.15) is 0 Å². The third-order valence-electron chi connectivity index (χ3n) is 11.5. The van der Waals surface area contributed by atoms with Crippen LogP contribution < -0.4 is 0 Å². The Bertz CT molecular complexity index is 819. The zero-order chi connectivity index (χ0) is 27.4. The van der Waals surface area contributed by atoms with Crippen molar-refractivity contribution in [3.8, 4) is 0 Å². The van der Waals surface area contributed by atoms with Gasteiger partial charge in [-0.05, 0) is 143 Å². The van der Waals surface area contributed by atoms with Gasteiger partial charge in [0.05, 0.1) is 13.2 Å². The third-order valence-corrected chi connectivity index (χ3v) is 13.5. The average molecular weight is 551 g/mol. The van der Waals surface area contributed by atoms with E-state index in [2.05, 4.69) is 60.1 Å². The van der Waals surface area contributed by atoms with Crippen molar-refractivity contribution in [2.45, 2.75) is 136 Å². The van der Waals surface area contributed by atoms with Crippen LogP contribution in [0.3, 0.4) is 0 Å². The largest absolute Gasteiger partial charge is 0.469 e. The van der Waals surface area contributed by atoms with Crippen molar-refractivity contribution in [2.75, 3.05) is 7.11 Å². The lowest BCUT2D eigenvalue weighted by atomic mass is 9.43. The van der Waals surface area contributed by atoms with E-state index in [1.165, 1.54) is 58.5 Å². The van der Waals surface area contributed by atoms with Crippen LogP contribution in [0.2, 0.25) is 39.3 Å². The van der Waals surface area contributed by atoms with E-state index in [1.54, 1.807) is 0 Å². The highest BCUT2D eigenvalue weighted by atomic mass is 28.4. The molecule has 214 valence electrons. The Morgan fingerprint density at radius 3 is 2.19 bits per heavy atom. The van der Waals surface area contributed by atoms with Crippen LogP contribution in [0.5, 0.6) is 0 Å². The highest BCUT2D eigenvalue weighted by Crippen LogP contribution is 2.69. The summed E-state index contributed by atoms with van der Waals surface area (Å²) < 4.78 is 18.9. The molecule has 0 heterocycles. The van der Waals surface area contributed by atoms with E-state index in [4.69, 9.17) is 13.6 Å². The van der Waals surface area contributed by atoms with Gasteiger partial charge in [0, 0.05) is 12.5 Å². The molecule has 4 aliphatic carbocycles. The van der Waals surface area contributed by atoms with Crippen LogP contribution in [0.25, 0.3) is 0 Å². The van der Waals surface area contributed by atoms with Crippen molar-refractivity contribution in [1.29, 1.82) is 0 Å². The molecular weight excluding hydrogens is 493 g/mol. The molecule has 0 aliphatic heterocycles. The molecule has 0 amide bonds. The summed E-state index contributed by atoms with van der Waals surface area (Å²) in [5.74, 6) is 4.27. The van der Waals surface area contributed by atoms with Crippen LogP contribution in [0, 0.1) is 46.3 Å². The minimum absolute atomic E-state index is 0.0647. The van der Waals surface area contributed by atoms with Crippen LogP contribution >= 0.6 is 0 Å². The van der Waals surface area contributed by atoms with Crippen LogP contribution in [0.4, 0.5) is 0 Å². The van der Waals surface area contributed by atoms with Gasteiger partial charge in [-0.1, -0.05) is 20.8 Å². The summed E-state index contributed by atoms with van der Waals surface area (Å²) in [7, 11) is -1.70. The monoisotopic (exact) mass is 550 g/mol. The highest BCUT2D eigenvalue weighted by Gasteiger charge is 2.64. The van der Waals surface area contributed by atoms with E-state index in [9.17, 15) is 4.79 Å². The Labute approximate surface area is 230 Å². The molecule has 10 atom stereocenters. The van der Waals surface area contributed by atoms with Gasteiger partial charge in [-0.25, -0.2) is 0 Å². The number of hydrogen-bond acceptors (Lipinski definition) is 4. The Hall–Kier alpha value is -0.176. The Balaban J connectivity index is 1.59. The summed E-state index contributed by atoms with van der Waals surface area (Å²) in [6.07, 6.45) is 12.8. The molecule has 6 heteroatoms. The second-order valence-electron chi connectivity index (χ2n) is 15.9. The van der Waals surface area contributed by atoms with Gasteiger partial charge in [-0.2, -0.15) is 0 Å². The number of hydrogen-bond donors (Lipinski definition) is 0. The fraction of sp³-hybridized carbons (Fsp3) is 0.968. The van der Waals surface area contributed by atoms with Crippen LogP contribution in [0.1, 0.15) is 85.0 Å². The molecule has 0 spiro atoms. The van der Waals surface area contributed by atoms with Crippen molar-refractivity contribution < 1.29 is 18.4 Å². The predicted octanol–water partition coefficient (Wildman–Crippen LogP) is 8.28. The summed E-state index contributed by atoms with van der Waals surface area (Å²) >= 11 is 0.